The van der Waals surface area contributed by atoms with E-state index in [9.17, 15) is 19.2 Å². The lowest BCUT2D eigenvalue weighted by Crippen LogP contribution is -2.46. The van der Waals surface area contributed by atoms with E-state index in [2.05, 4.69) is 15.6 Å². The van der Waals surface area contributed by atoms with Crippen LogP contribution >= 0.6 is 11.6 Å². The molecule has 0 aromatic carbocycles. The molecule has 2 N–H and O–H groups in total. The molecule has 3 rings (SSSR count). The van der Waals surface area contributed by atoms with Crippen molar-refractivity contribution in [3.05, 3.63) is 23.5 Å². The van der Waals surface area contributed by atoms with E-state index in [4.69, 9.17) is 16.3 Å². The Hall–Kier alpha value is -2.68. The van der Waals surface area contributed by atoms with Crippen molar-refractivity contribution >= 4 is 41.1 Å². The summed E-state index contributed by atoms with van der Waals surface area (Å²) in [6, 6.07) is 2.51. The van der Waals surface area contributed by atoms with E-state index in [1.54, 1.807) is 19.1 Å². The normalized spacial score (nSPS) is 23.0. The molecular formula is C17H19ClN4O5. The number of nitrogens with one attached hydrogen (secondary N) is 2. The average molecular weight is 395 g/mol. The maximum atomic E-state index is 12.5. The number of amides is 4. The minimum Gasteiger partial charge on any atom is -0.451 e. The molecule has 144 valence electrons. The number of hydrogen-bond acceptors (Lipinski definition) is 6. The van der Waals surface area contributed by atoms with Crippen molar-refractivity contribution in [2.24, 2.45) is 5.92 Å². The maximum absolute atomic E-state index is 12.5. The molecule has 1 aliphatic heterocycles. The number of carbonyl (C=O) groups is 4. The van der Waals surface area contributed by atoms with E-state index < -0.39 is 42.0 Å². The van der Waals surface area contributed by atoms with Gasteiger partial charge >= 0.3 is 12.0 Å². The number of hydrogen-bond donors (Lipinski definition) is 2. The topological polar surface area (TPSA) is 118 Å². The van der Waals surface area contributed by atoms with Crippen LogP contribution in [0.1, 0.15) is 26.7 Å². The van der Waals surface area contributed by atoms with Gasteiger partial charge < -0.3 is 15.4 Å². The molecule has 1 aromatic rings. The number of rotatable bonds is 6. The van der Waals surface area contributed by atoms with E-state index >= 15 is 0 Å². The van der Waals surface area contributed by atoms with Crippen LogP contribution in [0.15, 0.2) is 18.3 Å². The smallest absolute Gasteiger partial charge is 0.327 e. The van der Waals surface area contributed by atoms with Gasteiger partial charge in [-0.25, -0.2) is 9.78 Å². The molecule has 2 heterocycles. The van der Waals surface area contributed by atoms with Crippen LogP contribution in [-0.4, -0.2) is 51.9 Å². The number of imide groups is 1. The molecule has 2 fully saturated rings. The van der Waals surface area contributed by atoms with Crippen molar-refractivity contribution in [3.8, 4) is 0 Å². The van der Waals surface area contributed by atoms with E-state index in [0.717, 1.165) is 17.7 Å². The fourth-order valence-corrected chi connectivity index (χ4v) is 3.09. The summed E-state index contributed by atoms with van der Waals surface area (Å²) in [5, 5.41) is 5.23. The summed E-state index contributed by atoms with van der Waals surface area (Å²) in [7, 11) is 0. The van der Waals surface area contributed by atoms with Crippen LogP contribution in [0.25, 0.3) is 0 Å². The molecule has 1 aliphatic carbocycles. The molecule has 9 nitrogen and oxygen atoms in total. The first-order valence-electron chi connectivity index (χ1n) is 8.47. The molecule has 0 radical (unpaired) electrons. The van der Waals surface area contributed by atoms with Crippen LogP contribution in [0.2, 0.25) is 5.15 Å². The van der Waals surface area contributed by atoms with Crippen molar-refractivity contribution in [1.82, 2.24) is 15.2 Å². The predicted octanol–water partition coefficient (Wildman–Crippen LogP) is 1.33. The van der Waals surface area contributed by atoms with Gasteiger partial charge in [-0.05, 0) is 44.7 Å². The zero-order chi connectivity index (χ0) is 19.8. The fraction of sp³-hybridized carbons (Fsp3) is 0.471. The second-order valence-electron chi connectivity index (χ2n) is 6.76. The SMILES string of the molecule is C[C@H](OC(=O)CN1C(=O)N[C@@](C)(C2CC2)C1=O)C(=O)Nc1cccnc1Cl. The van der Waals surface area contributed by atoms with Gasteiger partial charge in [0.2, 0.25) is 0 Å². The molecule has 0 bridgehead atoms. The Bertz CT molecular complexity index is 812. The minimum absolute atomic E-state index is 0.0869. The molecule has 2 atom stereocenters. The van der Waals surface area contributed by atoms with Crippen LogP contribution in [0.4, 0.5) is 10.5 Å². The highest BCUT2D eigenvalue weighted by Gasteiger charge is 2.56. The molecule has 10 heteroatoms. The highest BCUT2D eigenvalue weighted by atomic mass is 35.5. The fourth-order valence-electron chi connectivity index (χ4n) is 2.93. The van der Waals surface area contributed by atoms with Crippen molar-refractivity contribution in [1.29, 1.82) is 0 Å². The monoisotopic (exact) mass is 394 g/mol. The van der Waals surface area contributed by atoms with Crippen LogP contribution in [0, 0.1) is 5.92 Å². The molecule has 27 heavy (non-hydrogen) atoms. The number of urea groups is 1. The zero-order valence-electron chi connectivity index (χ0n) is 14.8. The molecule has 0 unspecified atom stereocenters. The lowest BCUT2D eigenvalue weighted by molar-refractivity contribution is -0.155. The Labute approximate surface area is 160 Å². The number of pyridine rings is 1. The van der Waals surface area contributed by atoms with E-state index in [-0.39, 0.29) is 16.8 Å². The van der Waals surface area contributed by atoms with Crippen molar-refractivity contribution in [3.63, 3.8) is 0 Å². The Balaban J connectivity index is 1.55. The third-order valence-corrected chi connectivity index (χ3v) is 4.98. The number of halogens is 1. The number of carbonyl (C=O) groups excluding carboxylic acids is 4. The third kappa shape index (κ3) is 3.87. The van der Waals surface area contributed by atoms with Gasteiger partial charge in [0, 0.05) is 6.20 Å². The number of ether oxygens (including phenoxy) is 1. The zero-order valence-corrected chi connectivity index (χ0v) is 15.6. The quantitative estimate of drug-likeness (QED) is 0.427. The van der Waals surface area contributed by atoms with Gasteiger partial charge in [-0.2, -0.15) is 0 Å². The van der Waals surface area contributed by atoms with Gasteiger partial charge in [0.25, 0.3) is 11.8 Å². The number of anilines is 1. The van der Waals surface area contributed by atoms with E-state index in [1.807, 2.05) is 0 Å². The van der Waals surface area contributed by atoms with Gasteiger partial charge in [0.1, 0.15) is 12.1 Å². The summed E-state index contributed by atoms with van der Waals surface area (Å²) in [4.78, 5) is 53.4. The van der Waals surface area contributed by atoms with E-state index in [1.165, 1.54) is 13.1 Å². The predicted molar refractivity (Wildman–Crippen MR) is 94.8 cm³/mol. The molecule has 0 spiro atoms. The van der Waals surface area contributed by atoms with Gasteiger partial charge in [-0.15, -0.1) is 0 Å². The van der Waals surface area contributed by atoms with Gasteiger partial charge in [0.15, 0.2) is 11.3 Å². The first-order chi connectivity index (χ1) is 12.7. The molecular weight excluding hydrogens is 376 g/mol. The number of aromatic nitrogens is 1. The minimum atomic E-state index is -1.15. The van der Waals surface area contributed by atoms with Gasteiger partial charge in [-0.1, -0.05) is 11.6 Å². The molecule has 2 aliphatic rings. The Kier molecular flexibility index (Phi) is 5.05. The largest absolute Gasteiger partial charge is 0.451 e. The second-order valence-corrected chi connectivity index (χ2v) is 7.12. The lowest BCUT2D eigenvalue weighted by atomic mass is 9.96. The molecule has 1 aromatic heterocycles. The molecule has 4 amide bonds. The highest BCUT2D eigenvalue weighted by Crippen LogP contribution is 2.42. The van der Waals surface area contributed by atoms with Gasteiger partial charge in [0.05, 0.1) is 5.69 Å². The average Bonchev–Trinajstić information content (AvgIpc) is 3.43. The summed E-state index contributed by atoms with van der Waals surface area (Å²) in [6.07, 6.45) is 2.03. The summed E-state index contributed by atoms with van der Waals surface area (Å²) in [6.45, 7) is 2.47. The Morgan fingerprint density at radius 1 is 1.48 bits per heavy atom. The van der Waals surface area contributed by atoms with Crippen LogP contribution in [0.3, 0.4) is 0 Å². The van der Waals surface area contributed by atoms with Crippen molar-refractivity contribution in [2.75, 3.05) is 11.9 Å². The standard InChI is InChI=1S/C17H19ClN4O5/c1-9(14(24)20-11-4-3-7-19-13(11)18)27-12(23)8-22-15(25)17(2,10-5-6-10)21-16(22)26/h3-4,7,9-10H,5-6,8H2,1-2H3,(H,20,24)(H,21,26)/t9-,17-/m0/s1. The van der Waals surface area contributed by atoms with Crippen LogP contribution in [-0.2, 0) is 19.1 Å². The summed E-state index contributed by atoms with van der Waals surface area (Å²) < 4.78 is 5.04. The highest BCUT2D eigenvalue weighted by molar-refractivity contribution is 6.32. The van der Waals surface area contributed by atoms with E-state index in [0.29, 0.717) is 0 Å². The Morgan fingerprint density at radius 3 is 2.81 bits per heavy atom. The third-order valence-electron chi connectivity index (χ3n) is 4.68. The first kappa shape index (κ1) is 19.1. The molecule has 1 saturated carbocycles. The first-order valence-corrected chi connectivity index (χ1v) is 8.85. The lowest BCUT2D eigenvalue weighted by Gasteiger charge is -2.21. The number of nitrogens with zero attached hydrogens (tertiary/aromatic N) is 2. The molecule has 1 saturated heterocycles. The second kappa shape index (κ2) is 7.15. The maximum Gasteiger partial charge on any atom is 0.327 e. The Morgan fingerprint density at radius 2 is 2.19 bits per heavy atom. The van der Waals surface area contributed by atoms with Crippen LogP contribution < -0.4 is 10.6 Å². The summed E-state index contributed by atoms with van der Waals surface area (Å²) in [5.41, 5.74) is -0.696. The van der Waals surface area contributed by atoms with Crippen molar-refractivity contribution in [2.45, 2.75) is 38.3 Å². The van der Waals surface area contributed by atoms with Crippen molar-refractivity contribution < 1.29 is 23.9 Å². The van der Waals surface area contributed by atoms with Crippen LogP contribution in [0.5, 0.6) is 0 Å². The number of esters is 1. The van der Waals surface area contributed by atoms with Gasteiger partial charge in [-0.3, -0.25) is 19.3 Å². The summed E-state index contributed by atoms with van der Waals surface area (Å²) >= 11 is 5.86. The summed E-state index contributed by atoms with van der Waals surface area (Å²) in [5.74, 6) is -1.84.